The van der Waals surface area contributed by atoms with Gasteiger partial charge in [-0.2, -0.15) is 0 Å². The molecule has 0 radical (unpaired) electrons. The Balaban J connectivity index is 1.45. The van der Waals surface area contributed by atoms with Crippen LogP contribution in [0.3, 0.4) is 0 Å². The molecule has 26 heavy (non-hydrogen) atoms. The van der Waals surface area contributed by atoms with E-state index < -0.39 is 0 Å². The van der Waals surface area contributed by atoms with Crippen molar-refractivity contribution in [1.29, 1.82) is 0 Å². The fourth-order valence-corrected chi connectivity index (χ4v) is 4.00. The summed E-state index contributed by atoms with van der Waals surface area (Å²) in [7, 11) is 1.76. The number of anilines is 1. The van der Waals surface area contributed by atoms with Crippen molar-refractivity contribution in [2.75, 3.05) is 25.0 Å². The van der Waals surface area contributed by atoms with Gasteiger partial charge in [0.2, 0.25) is 5.91 Å². The van der Waals surface area contributed by atoms with Gasteiger partial charge in [0.1, 0.15) is 0 Å². The van der Waals surface area contributed by atoms with Gasteiger partial charge in [0.05, 0.1) is 4.34 Å². The molecule has 138 valence electrons. The smallest absolute Gasteiger partial charge is 0.227 e. The second-order valence-corrected chi connectivity index (χ2v) is 7.92. The van der Waals surface area contributed by atoms with Gasteiger partial charge in [0.15, 0.2) is 5.96 Å². The minimum Gasteiger partial charge on any atom is -0.356 e. The Morgan fingerprint density at radius 3 is 2.65 bits per heavy atom. The quantitative estimate of drug-likeness (QED) is 0.586. The maximum Gasteiger partial charge on any atom is 0.227 e. The summed E-state index contributed by atoms with van der Waals surface area (Å²) in [5, 5.41) is 6.62. The van der Waals surface area contributed by atoms with Gasteiger partial charge in [0.25, 0.3) is 0 Å². The summed E-state index contributed by atoms with van der Waals surface area (Å²) < 4.78 is 0.821. The molecule has 2 aromatic rings. The predicted octanol–water partition coefficient (Wildman–Crippen LogP) is 3.44. The Kier molecular flexibility index (Phi) is 6.52. The lowest BCUT2D eigenvalue weighted by atomic mass is 10.2. The van der Waals surface area contributed by atoms with Crippen molar-refractivity contribution < 1.29 is 4.79 Å². The number of nitrogens with one attached hydrogen (secondary N) is 2. The molecule has 2 heterocycles. The zero-order valence-electron chi connectivity index (χ0n) is 14.8. The molecule has 1 aromatic carbocycles. The van der Waals surface area contributed by atoms with Crippen molar-refractivity contribution in [3.63, 3.8) is 0 Å². The number of thiophene rings is 1. The molecule has 1 amide bonds. The maximum atomic E-state index is 11.8. The van der Waals surface area contributed by atoms with Crippen molar-refractivity contribution in [2.24, 2.45) is 4.99 Å². The van der Waals surface area contributed by atoms with Gasteiger partial charge >= 0.3 is 0 Å². The Hall–Kier alpha value is -2.05. The normalized spacial score (nSPS) is 14.8. The maximum absolute atomic E-state index is 11.8. The number of hydrogen-bond donors (Lipinski definition) is 2. The van der Waals surface area contributed by atoms with Gasteiger partial charge in [0, 0.05) is 43.7 Å². The summed E-state index contributed by atoms with van der Waals surface area (Å²) in [5.74, 6) is 0.985. The van der Waals surface area contributed by atoms with Crippen molar-refractivity contribution in [3.8, 4) is 0 Å². The van der Waals surface area contributed by atoms with Gasteiger partial charge in [-0.25, -0.2) is 0 Å². The van der Waals surface area contributed by atoms with E-state index in [4.69, 9.17) is 11.6 Å². The molecule has 3 rings (SSSR count). The second-order valence-electron chi connectivity index (χ2n) is 6.12. The molecule has 7 heteroatoms. The highest BCUT2D eigenvalue weighted by Gasteiger charge is 2.21. The highest BCUT2D eigenvalue weighted by molar-refractivity contribution is 7.16. The number of carbonyl (C=O) groups is 1. The van der Waals surface area contributed by atoms with Crippen molar-refractivity contribution >= 4 is 40.5 Å². The highest BCUT2D eigenvalue weighted by Crippen LogP contribution is 2.22. The second kappa shape index (κ2) is 9.05. The van der Waals surface area contributed by atoms with E-state index in [1.165, 1.54) is 4.88 Å². The van der Waals surface area contributed by atoms with Crippen molar-refractivity contribution in [1.82, 2.24) is 10.6 Å². The average molecular weight is 391 g/mol. The molecule has 2 N–H and O–H groups in total. The number of carbonyl (C=O) groups excluding carboxylic acids is 1. The van der Waals surface area contributed by atoms with Crippen LogP contribution < -0.4 is 15.5 Å². The van der Waals surface area contributed by atoms with E-state index in [9.17, 15) is 4.79 Å². The monoisotopic (exact) mass is 390 g/mol. The molecule has 0 bridgehead atoms. The fourth-order valence-electron chi connectivity index (χ4n) is 2.91. The van der Waals surface area contributed by atoms with Crippen molar-refractivity contribution in [3.05, 3.63) is 51.2 Å². The molecule has 1 fully saturated rings. The number of halogens is 1. The summed E-state index contributed by atoms with van der Waals surface area (Å²) in [5.41, 5.74) is 2.13. The molecule has 0 aliphatic carbocycles. The summed E-state index contributed by atoms with van der Waals surface area (Å²) >= 11 is 7.55. The topological polar surface area (TPSA) is 56.7 Å². The van der Waals surface area contributed by atoms with Crippen LogP contribution in [0.5, 0.6) is 0 Å². The van der Waals surface area contributed by atoms with Crippen LogP contribution in [-0.4, -0.2) is 32.0 Å². The third kappa shape index (κ3) is 4.99. The number of nitrogens with zero attached hydrogens (tertiary/aromatic N) is 2. The van der Waals surface area contributed by atoms with E-state index in [-0.39, 0.29) is 5.91 Å². The van der Waals surface area contributed by atoms with Crippen LogP contribution >= 0.6 is 22.9 Å². The van der Waals surface area contributed by atoms with E-state index in [1.807, 2.05) is 23.1 Å². The SMILES string of the molecule is CN=C(NCCc1ccc(Cl)s1)NCc1ccc(N2CCCC2=O)cc1. The number of guanidine groups is 1. The highest BCUT2D eigenvalue weighted by atomic mass is 35.5. The average Bonchev–Trinajstić information content (AvgIpc) is 3.26. The number of amides is 1. The molecule has 1 aliphatic rings. The Morgan fingerprint density at radius 1 is 1.23 bits per heavy atom. The van der Waals surface area contributed by atoms with Gasteiger partial charge in [-0.15, -0.1) is 11.3 Å². The first-order valence-corrected chi connectivity index (χ1v) is 9.93. The summed E-state index contributed by atoms with van der Waals surface area (Å²) in [4.78, 5) is 19.2. The molecule has 1 aliphatic heterocycles. The van der Waals surface area contributed by atoms with E-state index in [0.717, 1.165) is 47.5 Å². The lowest BCUT2D eigenvalue weighted by Crippen LogP contribution is -2.37. The standard InChI is InChI=1S/C19H23ClN4OS/c1-21-19(22-11-10-16-8-9-17(20)26-16)23-13-14-4-6-15(7-5-14)24-12-2-3-18(24)25/h4-9H,2-3,10-13H2,1H3,(H2,21,22,23). The zero-order valence-corrected chi connectivity index (χ0v) is 16.4. The van der Waals surface area contributed by atoms with Crippen LogP contribution in [0.2, 0.25) is 4.34 Å². The summed E-state index contributed by atoms with van der Waals surface area (Å²) in [6.45, 7) is 2.30. The first-order valence-electron chi connectivity index (χ1n) is 8.74. The lowest BCUT2D eigenvalue weighted by Gasteiger charge is -2.16. The van der Waals surface area contributed by atoms with Gasteiger partial charge < -0.3 is 15.5 Å². The molecule has 0 saturated carbocycles. The molecule has 1 saturated heterocycles. The fraction of sp³-hybridized carbons (Fsp3) is 0.368. The van der Waals surface area contributed by atoms with Gasteiger partial charge in [-0.05, 0) is 42.7 Å². The number of hydrogen-bond acceptors (Lipinski definition) is 3. The van der Waals surface area contributed by atoms with E-state index in [1.54, 1.807) is 18.4 Å². The van der Waals surface area contributed by atoms with Gasteiger partial charge in [-0.3, -0.25) is 9.79 Å². The van der Waals surface area contributed by atoms with E-state index in [0.29, 0.717) is 13.0 Å². The molecule has 5 nitrogen and oxygen atoms in total. The minimum atomic E-state index is 0.215. The third-order valence-corrected chi connectivity index (χ3v) is 5.59. The molecule has 0 spiro atoms. The largest absolute Gasteiger partial charge is 0.356 e. The summed E-state index contributed by atoms with van der Waals surface area (Å²) in [6, 6.07) is 12.1. The number of rotatable bonds is 6. The third-order valence-electron chi connectivity index (χ3n) is 4.30. The molecular weight excluding hydrogens is 368 g/mol. The minimum absolute atomic E-state index is 0.215. The first kappa shape index (κ1) is 18.7. The molecule has 0 atom stereocenters. The van der Waals surface area contributed by atoms with E-state index in [2.05, 4.69) is 33.8 Å². The van der Waals surface area contributed by atoms with Crippen molar-refractivity contribution in [2.45, 2.75) is 25.8 Å². The van der Waals surface area contributed by atoms with Crippen LogP contribution in [0.25, 0.3) is 0 Å². The van der Waals surface area contributed by atoms with Crippen LogP contribution in [-0.2, 0) is 17.8 Å². The van der Waals surface area contributed by atoms with Gasteiger partial charge in [-0.1, -0.05) is 23.7 Å². The first-order chi connectivity index (χ1) is 12.7. The Labute approximate surface area is 163 Å². The Morgan fingerprint density at radius 2 is 2.04 bits per heavy atom. The lowest BCUT2D eigenvalue weighted by molar-refractivity contribution is -0.117. The Bertz CT molecular complexity index is 772. The van der Waals surface area contributed by atoms with Crippen LogP contribution in [0.15, 0.2) is 41.4 Å². The van der Waals surface area contributed by atoms with Crippen LogP contribution in [0.4, 0.5) is 5.69 Å². The number of benzene rings is 1. The molecule has 0 unspecified atom stereocenters. The molecular formula is C19H23ClN4OS. The van der Waals surface area contributed by atoms with Crippen LogP contribution in [0.1, 0.15) is 23.3 Å². The number of aliphatic imine (C=N–C) groups is 1. The van der Waals surface area contributed by atoms with Crippen LogP contribution in [0, 0.1) is 0 Å². The summed E-state index contributed by atoms with van der Waals surface area (Å²) in [6.07, 6.45) is 2.52. The predicted molar refractivity (Wildman–Crippen MR) is 109 cm³/mol. The van der Waals surface area contributed by atoms with E-state index >= 15 is 0 Å². The molecule has 1 aromatic heterocycles. The zero-order chi connectivity index (χ0) is 18.4.